The summed E-state index contributed by atoms with van der Waals surface area (Å²) < 4.78 is 7.37. The van der Waals surface area contributed by atoms with E-state index in [1.54, 1.807) is 20.8 Å². The Labute approximate surface area is 225 Å². The van der Waals surface area contributed by atoms with E-state index in [0.29, 0.717) is 17.4 Å². The molecule has 8 heteroatoms. The van der Waals surface area contributed by atoms with Gasteiger partial charge in [-0.25, -0.2) is 0 Å². The lowest BCUT2D eigenvalue weighted by Gasteiger charge is -2.44. The molecule has 1 aliphatic carbocycles. The maximum atomic E-state index is 13.3. The number of amides is 2. The van der Waals surface area contributed by atoms with E-state index in [0.717, 1.165) is 23.1 Å². The summed E-state index contributed by atoms with van der Waals surface area (Å²) in [6, 6.07) is 4.97. The van der Waals surface area contributed by atoms with Crippen molar-refractivity contribution in [3.63, 3.8) is 0 Å². The normalized spacial score (nSPS) is 21.8. The first-order chi connectivity index (χ1) is 17.7. The lowest BCUT2D eigenvalue weighted by Crippen LogP contribution is -2.45. The fourth-order valence-corrected chi connectivity index (χ4v) is 6.15. The van der Waals surface area contributed by atoms with Crippen LogP contribution in [0.25, 0.3) is 11.1 Å². The van der Waals surface area contributed by atoms with Gasteiger partial charge < -0.3 is 15.4 Å². The highest BCUT2D eigenvalue weighted by Crippen LogP contribution is 2.52. The van der Waals surface area contributed by atoms with Gasteiger partial charge in [-0.15, -0.1) is 0 Å². The second-order valence-electron chi connectivity index (χ2n) is 12.6. The number of primary amides is 1. The minimum absolute atomic E-state index is 0.00485. The van der Waals surface area contributed by atoms with Gasteiger partial charge in [-0.1, -0.05) is 39.7 Å². The third kappa shape index (κ3) is 5.36. The molecule has 1 aliphatic heterocycles. The molecule has 1 aromatic carbocycles. The van der Waals surface area contributed by atoms with Gasteiger partial charge in [0, 0.05) is 42.8 Å². The zero-order valence-electron chi connectivity index (χ0n) is 23.8. The number of nitrogens with two attached hydrogens (primary N) is 1. The van der Waals surface area contributed by atoms with Crippen molar-refractivity contribution >= 4 is 17.8 Å². The number of hydrogen-bond acceptors (Lipinski definition) is 5. The van der Waals surface area contributed by atoms with E-state index in [-0.39, 0.29) is 30.7 Å². The molecular formula is C30H42N4O4. The van der Waals surface area contributed by atoms with Crippen molar-refractivity contribution in [2.45, 2.75) is 97.8 Å². The van der Waals surface area contributed by atoms with E-state index in [9.17, 15) is 14.4 Å². The predicted molar refractivity (Wildman–Crippen MR) is 146 cm³/mol. The second-order valence-corrected chi connectivity index (χ2v) is 12.6. The van der Waals surface area contributed by atoms with Crippen molar-refractivity contribution in [1.82, 2.24) is 14.7 Å². The molecule has 206 valence electrons. The number of ether oxygens (including phenoxy) is 1. The Morgan fingerprint density at radius 1 is 1.21 bits per heavy atom. The monoisotopic (exact) mass is 522 g/mol. The summed E-state index contributed by atoms with van der Waals surface area (Å²) in [5, 5.41) is 4.63. The van der Waals surface area contributed by atoms with Gasteiger partial charge in [0.15, 0.2) is 0 Å². The number of carbonyl (C=O) groups excluding carboxylic acids is 3. The average molecular weight is 523 g/mol. The number of fused-ring (bicyclic) bond motifs is 1. The van der Waals surface area contributed by atoms with Gasteiger partial charge in [0.25, 0.3) is 5.91 Å². The van der Waals surface area contributed by atoms with Crippen molar-refractivity contribution in [1.29, 1.82) is 0 Å². The van der Waals surface area contributed by atoms with Crippen LogP contribution < -0.4 is 5.73 Å². The zero-order valence-corrected chi connectivity index (χ0v) is 23.8. The SMILES string of the molecule is CC1CCCC(c2c(-c3ccc4c(c3)CN(C(CCC(=O)OC(C)(C)C)C(N)=O)C4=O)cnn2C)C1(C)C. The topological polar surface area (TPSA) is 108 Å². The lowest BCUT2D eigenvalue weighted by molar-refractivity contribution is -0.155. The Balaban J connectivity index is 1.59. The van der Waals surface area contributed by atoms with E-state index in [4.69, 9.17) is 10.5 Å². The molecule has 1 saturated carbocycles. The summed E-state index contributed by atoms with van der Waals surface area (Å²) in [6.45, 7) is 12.7. The molecule has 2 aromatic rings. The number of carbonyl (C=O) groups is 3. The van der Waals surface area contributed by atoms with Gasteiger partial charge in [-0.2, -0.15) is 5.10 Å². The van der Waals surface area contributed by atoms with Gasteiger partial charge in [-0.05, 0) is 68.2 Å². The quantitative estimate of drug-likeness (QED) is 0.518. The number of esters is 1. The fourth-order valence-electron chi connectivity index (χ4n) is 6.15. The maximum Gasteiger partial charge on any atom is 0.306 e. The minimum atomic E-state index is -0.885. The number of hydrogen-bond donors (Lipinski definition) is 1. The first-order valence-electron chi connectivity index (χ1n) is 13.7. The molecule has 2 amide bonds. The average Bonchev–Trinajstić information content (AvgIpc) is 3.34. The summed E-state index contributed by atoms with van der Waals surface area (Å²) in [4.78, 5) is 39.4. The van der Waals surface area contributed by atoms with Crippen molar-refractivity contribution < 1.29 is 19.1 Å². The number of rotatable bonds is 7. The molecule has 0 bridgehead atoms. The highest BCUT2D eigenvalue weighted by molar-refractivity contribution is 6.01. The Bertz CT molecular complexity index is 1240. The Hall–Kier alpha value is -3.16. The molecule has 3 unspecified atom stereocenters. The van der Waals surface area contributed by atoms with Gasteiger partial charge in [0.2, 0.25) is 5.91 Å². The van der Waals surface area contributed by atoms with Gasteiger partial charge in [0.1, 0.15) is 11.6 Å². The van der Waals surface area contributed by atoms with Gasteiger partial charge in [-0.3, -0.25) is 19.1 Å². The van der Waals surface area contributed by atoms with Crippen LogP contribution >= 0.6 is 0 Å². The zero-order chi connectivity index (χ0) is 28.0. The number of aryl methyl sites for hydroxylation is 1. The highest BCUT2D eigenvalue weighted by atomic mass is 16.6. The molecule has 0 spiro atoms. The third-order valence-electron chi connectivity index (χ3n) is 8.61. The van der Waals surface area contributed by atoms with E-state index in [2.05, 4.69) is 25.9 Å². The molecule has 8 nitrogen and oxygen atoms in total. The molecule has 38 heavy (non-hydrogen) atoms. The lowest BCUT2D eigenvalue weighted by atomic mass is 9.61. The van der Waals surface area contributed by atoms with E-state index in [1.165, 1.54) is 23.4 Å². The summed E-state index contributed by atoms with van der Waals surface area (Å²) in [7, 11) is 2.01. The summed E-state index contributed by atoms with van der Waals surface area (Å²) >= 11 is 0. The van der Waals surface area contributed by atoms with E-state index in [1.807, 2.05) is 36.1 Å². The van der Waals surface area contributed by atoms with Crippen LogP contribution in [0, 0.1) is 11.3 Å². The van der Waals surface area contributed by atoms with Crippen LogP contribution in [0.15, 0.2) is 24.4 Å². The molecule has 4 rings (SSSR count). The first-order valence-corrected chi connectivity index (χ1v) is 13.7. The molecule has 3 atom stereocenters. The van der Waals surface area contributed by atoms with Crippen LogP contribution in [-0.4, -0.2) is 44.1 Å². The van der Waals surface area contributed by atoms with Crippen molar-refractivity contribution in [3.8, 4) is 11.1 Å². The summed E-state index contributed by atoms with van der Waals surface area (Å²) in [6.07, 6.45) is 5.62. The molecule has 2 N–H and O–H groups in total. The maximum absolute atomic E-state index is 13.3. The Morgan fingerprint density at radius 3 is 2.58 bits per heavy atom. The molecule has 2 aliphatic rings. The Kier molecular flexibility index (Phi) is 7.47. The largest absolute Gasteiger partial charge is 0.460 e. The smallest absolute Gasteiger partial charge is 0.306 e. The van der Waals surface area contributed by atoms with E-state index < -0.39 is 23.5 Å². The van der Waals surface area contributed by atoms with Gasteiger partial charge in [0.05, 0.1) is 6.20 Å². The first kappa shape index (κ1) is 27.9. The van der Waals surface area contributed by atoms with Crippen molar-refractivity contribution in [2.75, 3.05) is 0 Å². The van der Waals surface area contributed by atoms with Gasteiger partial charge >= 0.3 is 5.97 Å². The third-order valence-corrected chi connectivity index (χ3v) is 8.61. The Morgan fingerprint density at radius 2 is 1.92 bits per heavy atom. The fraction of sp³-hybridized carbons (Fsp3) is 0.600. The molecule has 2 heterocycles. The summed E-state index contributed by atoms with van der Waals surface area (Å²) in [5.41, 5.74) is 9.97. The highest BCUT2D eigenvalue weighted by Gasteiger charge is 2.41. The van der Waals surface area contributed by atoms with Crippen LogP contribution in [0.3, 0.4) is 0 Å². The molecular weight excluding hydrogens is 480 g/mol. The van der Waals surface area contributed by atoms with Crippen LogP contribution in [0.2, 0.25) is 0 Å². The number of benzene rings is 1. The minimum Gasteiger partial charge on any atom is -0.460 e. The van der Waals surface area contributed by atoms with Crippen LogP contribution in [0.1, 0.15) is 101 Å². The number of nitrogens with zero attached hydrogens (tertiary/aromatic N) is 3. The van der Waals surface area contributed by atoms with Crippen molar-refractivity contribution in [3.05, 3.63) is 41.2 Å². The molecule has 1 aromatic heterocycles. The van der Waals surface area contributed by atoms with Crippen molar-refractivity contribution in [2.24, 2.45) is 24.1 Å². The summed E-state index contributed by atoms with van der Waals surface area (Å²) in [5.74, 6) is -0.292. The molecule has 0 saturated heterocycles. The second kappa shape index (κ2) is 10.2. The molecule has 1 fully saturated rings. The van der Waals surface area contributed by atoms with Crippen LogP contribution in [0.5, 0.6) is 0 Å². The van der Waals surface area contributed by atoms with E-state index >= 15 is 0 Å². The molecule has 0 radical (unpaired) electrons. The van der Waals surface area contributed by atoms with Crippen LogP contribution in [-0.2, 0) is 27.9 Å². The predicted octanol–water partition coefficient (Wildman–Crippen LogP) is 4.95. The van der Waals surface area contributed by atoms with Crippen LogP contribution in [0.4, 0.5) is 0 Å². The number of aromatic nitrogens is 2. The standard InChI is InChI=1S/C30H42N4O4/c1-18-9-8-10-23(30(18,5)6)26-22(16-32-33(26)7)19-11-12-21-20(15-19)17-34(28(21)37)24(27(31)36)13-14-25(35)38-29(2,3)4/h11-12,15-16,18,23-24H,8-10,13-14,17H2,1-7H3,(H2,31,36).